The molecule has 0 atom stereocenters. The lowest BCUT2D eigenvalue weighted by molar-refractivity contribution is 1.22. The van der Waals surface area contributed by atoms with Gasteiger partial charge in [0.15, 0.2) is 0 Å². The Labute approximate surface area is 89.2 Å². The highest BCUT2D eigenvalue weighted by Gasteiger charge is 2.03. The van der Waals surface area contributed by atoms with Gasteiger partial charge in [-0.1, -0.05) is 24.3 Å². The number of nitrogens with one attached hydrogen (secondary N) is 1. The third-order valence-electron chi connectivity index (χ3n) is 2.41. The van der Waals surface area contributed by atoms with Gasteiger partial charge in [0.2, 0.25) is 0 Å². The van der Waals surface area contributed by atoms with Gasteiger partial charge in [-0.3, -0.25) is 0 Å². The Balaban J connectivity index is 2.73. The molecular weight excluding hydrogens is 184 g/mol. The zero-order valence-electron chi connectivity index (χ0n) is 8.62. The first-order chi connectivity index (χ1) is 7.36. The minimum atomic E-state index is 0.729. The molecule has 2 rings (SSSR count). The Morgan fingerprint density at radius 2 is 1.87 bits per heavy atom. The molecule has 0 bridgehead atoms. The quantitative estimate of drug-likeness (QED) is 0.800. The molecule has 2 nitrogen and oxygen atoms in total. The summed E-state index contributed by atoms with van der Waals surface area (Å²) >= 11 is 0. The van der Waals surface area contributed by atoms with Gasteiger partial charge in [0.1, 0.15) is 0 Å². The van der Waals surface area contributed by atoms with Gasteiger partial charge in [-0.25, -0.2) is 0 Å². The van der Waals surface area contributed by atoms with Crippen molar-refractivity contribution in [2.75, 3.05) is 11.9 Å². The van der Waals surface area contributed by atoms with Gasteiger partial charge >= 0.3 is 0 Å². The third-order valence-corrected chi connectivity index (χ3v) is 2.41. The van der Waals surface area contributed by atoms with E-state index in [0.717, 1.165) is 28.6 Å². The highest BCUT2D eigenvalue weighted by atomic mass is 14.9. The number of nitriles is 1. The molecular formula is C13H12N2. The van der Waals surface area contributed by atoms with Gasteiger partial charge in [-0.05, 0) is 19.1 Å². The molecule has 0 aliphatic rings. The minimum absolute atomic E-state index is 0.729. The summed E-state index contributed by atoms with van der Waals surface area (Å²) in [6.07, 6.45) is 0. The normalized spacial score (nSPS) is 9.87. The van der Waals surface area contributed by atoms with Crippen LogP contribution >= 0.6 is 0 Å². The second-order valence-corrected chi connectivity index (χ2v) is 3.35. The fraction of sp³-hybridized carbons (Fsp3) is 0.154. The van der Waals surface area contributed by atoms with E-state index in [1.807, 2.05) is 36.4 Å². The largest absolute Gasteiger partial charge is 0.385 e. The molecule has 74 valence electrons. The zero-order chi connectivity index (χ0) is 10.7. The van der Waals surface area contributed by atoms with E-state index in [2.05, 4.69) is 18.3 Å². The maximum Gasteiger partial charge on any atom is 0.0998 e. The maximum atomic E-state index is 8.99. The Morgan fingerprint density at radius 3 is 2.53 bits per heavy atom. The molecule has 0 spiro atoms. The van der Waals surface area contributed by atoms with E-state index in [1.165, 1.54) is 0 Å². The second kappa shape index (κ2) is 4.02. The molecule has 0 aliphatic heterocycles. The second-order valence-electron chi connectivity index (χ2n) is 3.35. The van der Waals surface area contributed by atoms with Gasteiger partial charge < -0.3 is 5.32 Å². The van der Waals surface area contributed by atoms with E-state index in [-0.39, 0.29) is 0 Å². The molecule has 0 heterocycles. The van der Waals surface area contributed by atoms with Crippen LogP contribution in [0.5, 0.6) is 0 Å². The van der Waals surface area contributed by atoms with Crippen LogP contribution < -0.4 is 5.32 Å². The molecule has 2 aromatic carbocycles. The molecule has 1 N–H and O–H groups in total. The van der Waals surface area contributed by atoms with E-state index in [4.69, 9.17) is 5.26 Å². The van der Waals surface area contributed by atoms with Crippen LogP contribution in [0.2, 0.25) is 0 Å². The summed E-state index contributed by atoms with van der Waals surface area (Å²) in [6.45, 7) is 2.95. The van der Waals surface area contributed by atoms with Gasteiger partial charge in [0, 0.05) is 23.0 Å². The van der Waals surface area contributed by atoms with Crippen LogP contribution in [0.15, 0.2) is 36.4 Å². The number of hydrogen-bond donors (Lipinski definition) is 1. The monoisotopic (exact) mass is 196 g/mol. The number of fused-ring (bicyclic) bond motifs is 1. The lowest BCUT2D eigenvalue weighted by Crippen LogP contribution is -1.97. The summed E-state index contributed by atoms with van der Waals surface area (Å²) in [4.78, 5) is 0. The Morgan fingerprint density at radius 1 is 1.13 bits per heavy atom. The number of benzene rings is 2. The van der Waals surface area contributed by atoms with E-state index < -0.39 is 0 Å². The molecule has 0 unspecified atom stereocenters. The van der Waals surface area contributed by atoms with Gasteiger partial charge in [0.05, 0.1) is 11.6 Å². The smallest absolute Gasteiger partial charge is 0.0998 e. The number of rotatable bonds is 2. The molecule has 0 aromatic heterocycles. The first kappa shape index (κ1) is 9.54. The highest BCUT2D eigenvalue weighted by molar-refractivity contribution is 5.97. The molecule has 0 radical (unpaired) electrons. The summed E-state index contributed by atoms with van der Waals surface area (Å²) in [7, 11) is 0. The van der Waals surface area contributed by atoms with E-state index in [1.54, 1.807) is 0 Å². The van der Waals surface area contributed by atoms with Crippen molar-refractivity contribution in [2.45, 2.75) is 6.92 Å². The lowest BCUT2D eigenvalue weighted by Gasteiger charge is -2.08. The molecule has 0 aliphatic carbocycles. The molecule has 0 amide bonds. The number of hydrogen-bond acceptors (Lipinski definition) is 2. The van der Waals surface area contributed by atoms with Crippen molar-refractivity contribution < 1.29 is 0 Å². The molecule has 2 heteroatoms. The van der Waals surface area contributed by atoms with Crippen LogP contribution in [-0.4, -0.2) is 6.54 Å². The predicted octanol–water partition coefficient (Wildman–Crippen LogP) is 3.14. The van der Waals surface area contributed by atoms with Crippen molar-refractivity contribution in [1.82, 2.24) is 0 Å². The fourth-order valence-electron chi connectivity index (χ4n) is 1.74. The summed E-state index contributed by atoms with van der Waals surface area (Å²) in [5.74, 6) is 0. The number of nitrogens with zero attached hydrogens (tertiary/aromatic N) is 1. The van der Waals surface area contributed by atoms with Gasteiger partial charge in [-0.15, -0.1) is 0 Å². The average molecular weight is 196 g/mol. The maximum absolute atomic E-state index is 8.99. The van der Waals surface area contributed by atoms with Crippen molar-refractivity contribution in [3.63, 3.8) is 0 Å². The van der Waals surface area contributed by atoms with Crippen molar-refractivity contribution in [3.8, 4) is 6.07 Å². The fourth-order valence-corrected chi connectivity index (χ4v) is 1.74. The Bertz CT molecular complexity index is 524. The Kier molecular flexibility index (Phi) is 2.55. The van der Waals surface area contributed by atoms with E-state index in [9.17, 15) is 0 Å². The first-order valence-corrected chi connectivity index (χ1v) is 5.02. The van der Waals surface area contributed by atoms with Crippen molar-refractivity contribution in [1.29, 1.82) is 5.26 Å². The van der Waals surface area contributed by atoms with Crippen LogP contribution in [0, 0.1) is 11.3 Å². The Hall–Kier alpha value is -2.01. The summed E-state index contributed by atoms with van der Waals surface area (Å²) in [6, 6.07) is 14.0. The summed E-state index contributed by atoms with van der Waals surface area (Å²) in [5.41, 5.74) is 1.82. The SMILES string of the molecule is CCNc1ccc(C#N)c2ccccc12. The average Bonchev–Trinajstić information content (AvgIpc) is 2.30. The summed E-state index contributed by atoms with van der Waals surface area (Å²) in [5, 5.41) is 14.4. The lowest BCUT2D eigenvalue weighted by atomic mass is 10.0. The summed E-state index contributed by atoms with van der Waals surface area (Å²) < 4.78 is 0. The topological polar surface area (TPSA) is 35.8 Å². The van der Waals surface area contributed by atoms with Gasteiger partial charge in [0.25, 0.3) is 0 Å². The van der Waals surface area contributed by atoms with Crippen LogP contribution in [0.3, 0.4) is 0 Å². The minimum Gasteiger partial charge on any atom is -0.385 e. The molecule has 0 saturated heterocycles. The van der Waals surface area contributed by atoms with Crippen molar-refractivity contribution >= 4 is 16.5 Å². The van der Waals surface area contributed by atoms with Crippen LogP contribution in [-0.2, 0) is 0 Å². The predicted molar refractivity (Wildman–Crippen MR) is 62.8 cm³/mol. The molecule has 2 aromatic rings. The van der Waals surface area contributed by atoms with Crippen LogP contribution in [0.25, 0.3) is 10.8 Å². The number of anilines is 1. The van der Waals surface area contributed by atoms with Crippen molar-refractivity contribution in [3.05, 3.63) is 42.0 Å². The van der Waals surface area contributed by atoms with Crippen molar-refractivity contribution in [2.24, 2.45) is 0 Å². The highest BCUT2D eigenvalue weighted by Crippen LogP contribution is 2.25. The molecule has 15 heavy (non-hydrogen) atoms. The van der Waals surface area contributed by atoms with E-state index >= 15 is 0 Å². The molecule has 0 fully saturated rings. The van der Waals surface area contributed by atoms with Crippen LogP contribution in [0.4, 0.5) is 5.69 Å². The van der Waals surface area contributed by atoms with E-state index in [0.29, 0.717) is 0 Å². The zero-order valence-corrected chi connectivity index (χ0v) is 8.62. The van der Waals surface area contributed by atoms with Gasteiger partial charge in [-0.2, -0.15) is 5.26 Å². The molecule has 0 saturated carbocycles. The first-order valence-electron chi connectivity index (χ1n) is 5.02. The third kappa shape index (κ3) is 1.64. The standard InChI is InChI=1S/C13H12N2/c1-2-15-13-8-7-10(9-14)11-5-3-4-6-12(11)13/h3-8,15H,2H2,1H3. The van der Waals surface area contributed by atoms with Crippen LogP contribution in [0.1, 0.15) is 12.5 Å².